The summed E-state index contributed by atoms with van der Waals surface area (Å²) >= 11 is 6.44. The molecule has 2 aromatic carbocycles. The highest BCUT2D eigenvalue weighted by atomic mass is 79.9. The molecule has 0 aliphatic rings. The lowest BCUT2D eigenvalue weighted by Gasteiger charge is -2.18. The van der Waals surface area contributed by atoms with Crippen LogP contribution in [0.3, 0.4) is 0 Å². The van der Waals surface area contributed by atoms with Gasteiger partial charge < -0.3 is 10.2 Å². The van der Waals surface area contributed by atoms with Crippen LogP contribution in [0.25, 0.3) is 0 Å². The molecule has 0 fully saturated rings. The van der Waals surface area contributed by atoms with E-state index in [0.717, 1.165) is 10.2 Å². The molecule has 21 heavy (non-hydrogen) atoms. The molecule has 0 saturated heterocycles. The van der Waals surface area contributed by atoms with Crippen LogP contribution < -0.4 is 10.2 Å². The summed E-state index contributed by atoms with van der Waals surface area (Å²) in [5.41, 5.74) is 1.78. The van der Waals surface area contributed by atoms with Gasteiger partial charge in [0.25, 0.3) is 5.91 Å². The zero-order chi connectivity index (χ0) is 15.6. The second kappa shape index (κ2) is 6.58. The van der Waals surface area contributed by atoms with Crippen LogP contribution in [-0.2, 0) is 0 Å². The molecular weight excluding hydrogens is 403 g/mol. The number of rotatable bonds is 3. The average molecular weight is 416 g/mol. The summed E-state index contributed by atoms with van der Waals surface area (Å²) in [5, 5.41) is 2.80. The fraction of sp³-hybridized carbons (Fsp3) is 0.133. The fourth-order valence-corrected chi connectivity index (χ4v) is 2.44. The molecule has 0 spiro atoms. The van der Waals surface area contributed by atoms with Gasteiger partial charge in [0.15, 0.2) is 0 Å². The minimum absolute atomic E-state index is 0.264. The molecule has 0 aliphatic heterocycles. The van der Waals surface area contributed by atoms with Crippen molar-refractivity contribution >= 4 is 49.1 Å². The Labute approximate surface area is 139 Å². The molecule has 2 aromatic rings. The van der Waals surface area contributed by atoms with Crippen LogP contribution in [0.15, 0.2) is 45.3 Å². The predicted octanol–water partition coefficient (Wildman–Crippen LogP) is 4.67. The zero-order valence-corrected chi connectivity index (χ0v) is 14.6. The first-order chi connectivity index (χ1) is 9.88. The second-order valence-corrected chi connectivity index (χ2v) is 6.41. The lowest BCUT2D eigenvalue weighted by Crippen LogP contribution is -2.17. The lowest BCUT2D eigenvalue weighted by atomic mass is 10.2. The van der Waals surface area contributed by atoms with E-state index in [0.29, 0.717) is 10.2 Å². The highest BCUT2D eigenvalue weighted by Crippen LogP contribution is 2.28. The van der Waals surface area contributed by atoms with Crippen molar-refractivity contribution in [2.24, 2.45) is 0 Å². The van der Waals surface area contributed by atoms with Crippen molar-refractivity contribution in [3.05, 3.63) is 56.7 Å². The van der Waals surface area contributed by atoms with Gasteiger partial charge in [0, 0.05) is 24.1 Å². The first-order valence-electron chi connectivity index (χ1n) is 6.12. The van der Waals surface area contributed by atoms with Crippen LogP contribution in [0.2, 0.25) is 0 Å². The number of nitrogens with one attached hydrogen (secondary N) is 1. The quantitative estimate of drug-likeness (QED) is 0.789. The first kappa shape index (κ1) is 16.0. The van der Waals surface area contributed by atoms with E-state index in [4.69, 9.17) is 0 Å². The van der Waals surface area contributed by atoms with E-state index < -0.39 is 5.82 Å². The van der Waals surface area contributed by atoms with Crippen molar-refractivity contribution < 1.29 is 9.18 Å². The number of anilines is 2. The smallest absolute Gasteiger partial charge is 0.255 e. The van der Waals surface area contributed by atoms with E-state index in [9.17, 15) is 9.18 Å². The largest absolute Gasteiger partial charge is 0.376 e. The lowest BCUT2D eigenvalue weighted by molar-refractivity contribution is 0.102. The van der Waals surface area contributed by atoms with Gasteiger partial charge in [-0.25, -0.2) is 4.39 Å². The Bertz CT molecular complexity index is 689. The Morgan fingerprint density at radius 3 is 2.48 bits per heavy atom. The highest BCUT2D eigenvalue weighted by Gasteiger charge is 2.12. The van der Waals surface area contributed by atoms with Crippen LogP contribution in [0.1, 0.15) is 10.4 Å². The maximum atomic E-state index is 13.5. The normalized spacial score (nSPS) is 10.3. The number of halogens is 3. The van der Waals surface area contributed by atoms with Crippen LogP contribution >= 0.6 is 31.9 Å². The Morgan fingerprint density at radius 1 is 1.14 bits per heavy atom. The second-order valence-electron chi connectivity index (χ2n) is 4.64. The molecule has 6 heteroatoms. The molecule has 0 aromatic heterocycles. The third kappa shape index (κ3) is 3.83. The molecule has 3 nitrogen and oxygen atoms in total. The summed E-state index contributed by atoms with van der Waals surface area (Å²) in [5.74, 6) is -0.827. The number of nitrogens with zero attached hydrogens (tertiary/aromatic N) is 1. The monoisotopic (exact) mass is 414 g/mol. The standard InChI is InChI=1S/C15H13Br2FN2O/c1-20(2)14-6-4-10(16)8-13(14)19-15(21)9-3-5-11(17)12(18)7-9/h3-8H,1-2H3,(H,19,21). The number of carbonyl (C=O) groups is 1. The molecule has 0 heterocycles. The van der Waals surface area contributed by atoms with E-state index in [1.807, 2.05) is 37.2 Å². The van der Waals surface area contributed by atoms with Crippen LogP contribution in [0, 0.1) is 5.82 Å². The molecule has 0 radical (unpaired) electrons. The summed E-state index contributed by atoms with van der Waals surface area (Å²) < 4.78 is 14.7. The summed E-state index contributed by atoms with van der Waals surface area (Å²) in [6.45, 7) is 0. The zero-order valence-electron chi connectivity index (χ0n) is 11.5. The number of hydrogen-bond donors (Lipinski definition) is 1. The number of benzene rings is 2. The maximum absolute atomic E-state index is 13.5. The van der Waals surface area contributed by atoms with Crippen molar-refractivity contribution in [2.75, 3.05) is 24.3 Å². The van der Waals surface area contributed by atoms with Gasteiger partial charge in [0.1, 0.15) is 5.82 Å². The molecule has 0 unspecified atom stereocenters. The van der Waals surface area contributed by atoms with Crippen molar-refractivity contribution in [2.45, 2.75) is 0 Å². The van der Waals surface area contributed by atoms with Gasteiger partial charge in [-0.3, -0.25) is 4.79 Å². The van der Waals surface area contributed by atoms with Gasteiger partial charge in [-0.15, -0.1) is 0 Å². The summed E-state index contributed by atoms with van der Waals surface area (Å²) in [4.78, 5) is 14.1. The molecule has 110 valence electrons. The molecule has 0 aliphatic carbocycles. The summed E-state index contributed by atoms with van der Waals surface area (Å²) in [6, 6.07) is 9.87. The van der Waals surface area contributed by atoms with Crippen molar-refractivity contribution in [1.29, 1.82) is 0 Å². The minimum Gasteiger partial charge on any atom is -0.376 e. The van der Waals surface area contributed by atoms with E-state index in [2.05, 4.69) is 37.2 Å². The van der Waals surface area contributed by atoms with Gasteiger partial charge in [-0.2, -0.15) is 0 Å². The molecule has 0 saturated carbocycles. The number of hydrogen-bond acceptors (Lipinski definition) is 2. The Kier molecular flexibility index (Phi) is 5.00. The molecule has 1 amide bonds. The van der Waals surface area contributed by atoms with E-state index in [1.54, 1.807) is 6.07 Å². The molecule has 0 bridgehead atoms. The Balaban J connectivity index is 2.30. The first-order valence-corrected chi connectivity index (χ1v) is 7.70. The van der Waals surface area contributed by atoms with Crippen LogP contribution in [-0.4, -0.2) is 20.0 Å². The number of amides is 1. The van der Waals surface area contributed by atoms with Gasteiger partial charge in [-0.1, -0.05) is 15.9 Å². The van der Waals surface area contributed by atoms with E-state index in [1.165, 1.54) is 12.1 Å². The Morgan fingerprint density at radius 2 is 1.86 bits per heavy atom. The Hall–Kier alpha value is -1.40. The molecule has 2 rings (SSSR count). The van der Waals surface area contributed by atoms with E-state index in [-0.39, 0.29) is 11.5 Å². The SMILES string of the molecule is CN(C)c1ccc(Br)cc1NC(=O)c1ccc(Br)c(F)c1. The van der Waals surface area contributed by atoms with Gasteiger partial charge in [-0.05, 0) is 52.3 Å². The van der Waals surface area contributed by atoms with Crippen molar-refractivity contribution in [3.63, 3.8) is 0 Å². The third-order valence-corrected chi connectivity index (χ3v) is 4.01. The molecule has 1 N–H and O–H groups in total. The molecular formula is C15H13Br2FN2O. The fourth-order valence-electron chi connectivity index (χ4n) is 1.83. The number of carbonyl (C=O) groups excluding carboxylic acids is 1. The van der Waals surface area contributed by atoms with Crippen molar-refractivity contribution in [1.82, 2.24) is 0 Å². The van der Waals surface area contributed by atoms with Gasteiger partial charge in [0.05, 0.1) is 15.8 Å². The van der Waals surface area contributed by atoms with Gasteiger partial charge in [0.2, 0.25) is 0 Å². The average Bonchev–Trinajstić information content (AvgIpc) is 2.41. The van der Waals surface area contributed by atoms with Gasteiger partial charge >= 0.3 is 0 Å². The minimum atomic E-state index is -0.468. The highest BCUT2D eigenvalue weighted by molar-refractivity contribution is 9.10. The summed E-state index contributed by atoms with van der Waals surface area (Å²) in [6.07, 6.45) is 0. The third-order valence-electron chi connectivity index (χ3n) is 2.87. The van der Waals surface area contributed by atoms with Crippen molar-refractivity contribution in [3.8, 4) is 0 Å². The topological polar surface area (TPSA) is 32.3 Å². The predicted molar refractivity (Wildman–Crippen MR) is 90.5 cm³/mol. The molecule has 0 atom stereocenters. The summed E-state index contributed by atoms with van der Waals surface area (Å²) in [7, 11) is 3.77. The van der Waals surface area contributed by atoms with Crippen LogP contribution in [0.4, 0.5) is 15.8 Å². The van der Waals surface area contributed by atoms with E-state index >= 15 is 0 Å². The van der Waals surface area contributed by atoms with Crippen LogP contribution in [0.5, 0.6) is 0 Å². The maximum Gasteiger partial charge on any atom is 0.255 e.